The first-order valence-corrected chi connectivity index (χ1v) is 4.48. The summed E-state index contributed by atoms with van der Waals surface area (Å²) < 4.78 is 4.86. The van der Waals surface area contributed by atoms with Gasteiger partial charge in [0.05, 0.1) is 18.7 Å². The van der Waals surface area contributed by atoms with Gasteiger partial charge in [-0.3, -0.25) is 9.89 Å². The topological polar surface area (TPSA) is 67.3 Å². The van der Waals surface area contributed by atoms with Crippen LogP contribution in [-0.2, 0) is 9.53 Å². The third-order valence-corrected chi connectivity index (χ3v) is 2.22. The van der Waals surface area contributed by atoms with E-state index in [-0.39, 0.29) is 11.9 Å². The lowest BCUT2D eigenvalue weighted by Gasteiger charge is -2.02. The minimum atomic E-state index is -0.182. The highest BCUT2D eigenvalue weighted by atomic mass is 16.5. The molecule has 14 heavy (non-hydrogen) atoms. The molecule has 0 aliphatic carbocycles. The average molecular weight is 193 g/mol. The van der Waals surface area contributed by atoms with Crippen LogP contribution in [0.5, 0.6) is 0 Å². The number of ether oxygens (including phenoxy) is 1. The molecular weight excluding hydrogens is 182 g/mol. The maximum absolute atomic E-state index is 11.2. The Balaban J connectivity index is 2.15. The zero-order valence-corrected chi connectivity index (χ0v) is 7.86. The lowest BCUT2D eigenvalue weighted by atomic mass is 10.0. The zero-order chi connectivity index (χ0) is 9.97. The van der Waals surface area contributed by atoms with Crippen molar-refractivity contribution >= 4 is 17.5 Å². The summed E-state index contributed by atoms with van der Waals surface area (Å²) in [6.07, 6.45) is 2.35. The summed E-state index contributed by atoms with van der Waals surface area (Å²) in [5.41, 5.74) is 0.775. The van der Waals surface area contributed by atoms with Crippen molar-refractivity contribution in [3.8, 4) is 0 Å². The van der Waals surface area contributed by atoms with E-state index in [1.54, 1.807) is 12.3 Å². The molecule has 2 heterocycles. The lowest BCUT2D eigenvalue weighted by molar-refractivity contribution is -0.139. The van der Waals surface area contributed by atoms with Crippen LogP contribution in [0, 0.1) is 5.92 Å². The van der Waals surface area contributed by atoms with Crippen molar-refractivity contribution in [2.45, 2.75) is 13.3 Å². The molecule has 1 N–H and O–H groups in total. The zero-order valence-electron chi connectivity index (χ0n) is 7.86. The molecule has 0 radical (unpaired) electrons. The molecule has 1 aliphatic rings. The van der Waals surface area contributed by atoms with E-state index < -0.39 is 0 Å². The van der Waals surface area contributed by atoms with E-state index in [1.165, 1.54) is 0 Å². The van der Waals surface area contributed by atoms with E-state index in [9.17, 15) is 4.79 Å². The molecule has 1 unspecified atom stereocenters. The summed E-state index contributed by atoms with van der Waals surface area (Å²) in [5, 5.41) is 6.49. The molecule has 0 spiro atoms. The first kappa shape index (κ1) is 8.93. The minimum absolute atomic E-state index is 0.175. The smallest absolute Gasteiger partial charge is 0.314 e. The molecule has 1 saturated heterocycles. The van der Waals surface area contributed by atoms with E-state index in [2.05, 4.69) is 15.2 Å². The Morgan fingerprint density at radius 1 is 1.79 bits per heavy atom. The Hall–Kier alpha value is -1.65. The predicted octanol–water partition coefficient (Wildman–Crippen LogP) is 1.07. The van der Waals surface area contributed by atoms with E-state index in [4.69, 9.17) is 4.74 Å². The second kappa shape index (κ2) is 3.61. The summed E-state index contributed by atoms with van der Waals surface area (Å²) in [6, 6.07) is 1.75. The Bertz CT molecular complexity index is 356. The van der Waals surface area contributed by atoms with Crippen LogP contribution in [0.4, 0.5) is 5.82 Å². The number of nitrogens with one attached hydrogen (secondary N) is 1. The normalized spacial score (nSPS) is 22.5. The second-order valence-electron chi connectivity index (χ2n) is 3.20. The Labute approximate surface area is 81.2 Å². The fourth-order valence-corrected chi connectivity index (χ4v) is 1.45. The number of esters is 1. The van der Waals surface area contributed by atoms with Gasteiger partial charge >= 0.3 is 5.97 Å². The highest BCUT2D eigenvalue weighted by Gasteiger charge is 2.28. The number of H-pyrrole nitrogens is 1. The first-order valence-electron chi connectivity index (χ1n) is 4.48. The standard InChI is InChI=1S/C9H11N3O2/c1-6(7-3-5-14-9(7)13)11-8-2-4-10-12-8/h2,4,7H,3,5H2,1H3,(H,10,12)/b11-6+. The van der Waals surface area contributed by atoms with Crippen molar-refractivity contribution in [1.29, 1.82) is 0 Å². The van der Waals surface area contributed by atoms with E-state index in [0.717, 1.165) is 12.1 Å². The SMILES string of the molecule is C/C(=N\c1ccn[nH]1)C1CCOC1=O. The Morgan fingerprint density at radius 3 is 3.21 bits per heavy atom. The third kappa shape index (κ3) is 1.66. The van der Waals surface area contributed by atoms with Crippen molar-refractivity contribution in [2.75, 3.05) is 6.61 Å². The number of nitrogens with zero attached hydrogens (tertiary/aromatic N) is 2. The fourth-order valence-electron chi connectivity index (χ4n) is 1.45. The number of cyclic esters (lactones) is 1. The highest BCUT2D eigenvalue weighted by Crippen LogP contribution is 2.18. The second-order valence-corrected chi connectivity index (χ2v) is 3.20. The van der Waals surface area contributed by atoms with Gasteiger partial charge < -0.3 is 4.74 Å². The van der Waals surface area contributed by atoms with Gasteiger partial charge in [-0.1, -0.05) is 0 Å². The fraction of sp³-hybridized carbons (Fsp3) is 0.444. The Kier molecular flexibility index (Phi) is 2.30. The molecular formula is C9H11N3O2. The number of aliphatic imine (C=N–C) groups is 1. The van der Waals surface area contributed by atoms with E-state index >= 15 is 0 Å². The number of hydrogen-bond donors (Lipinski definition) is 1. The van der Waals surface area contributed by atoms with Gasteiger partial charge in [-0.25, -0.2) is 4.99 Å². The van der Waals surface area contributed by atoms with Crippen molar-refractivity contribution < 1.29 is 9.53 Å². The summed E-state index contributed by atoms with van der Waals surface area (Å²) in [4.78, 5) is 15.5. The molecule has 1 aromatic rings. The van der Waals surface area contributed by atoms with Crippen LogP contribution >= 0.6 is 0 Å². The number of hydrogen-bond acceptors (Lipinski definition) is 4. The van der Waals surface area contributed by atoms with Gasteiger partial charge in [0.1, 0.15) is 5.82 Å². The predicted molar refractivity (Wildman–Crippen MR) is 50.4 cm³/mol. The van der Waals surface area contributed by atoms with Crippen molar-refractivity contribution in [1.82, 2.24) is 10.2 Å². The van der Waals surface area contributed by atoms with Crippen LogP contribution in [0.3, 0.4) is 0 Å². The largest absolute Gasteiger partial charge is 0.465 e. The van der Waals surface area contributed by atoms with Crippen molar-refractivity contribution in [3.63, 3.8) is 0 Å². The lowest BCUT2D eigenvalue weighted by Crippen LogP contribution is -2.16. The number of aromatic nitrogens is 2. The van der Waals surface area contributed by atoms with E-state index in [0.29, 0.717) is 12.4 Å². The molecule has 2 rings (SSSR count). The molecule has 1 fully saturated rings. The van der Waals surface area contributed by atoms with E-state index in [1.807, 2.05) is 6.92 Å². The van der Waals surface area contributed by atoms with Crippen LogP contribution < -0.4 is 0 Å². The van der Waals surface area contributed by atoms with Gasteiger partial charge in [0.2, 0.25) is 0 Å². The molecule has 1 aromatic heterocycles. The number of aromatic amines is 1. The molecule has 5 nitrogen and oxygen atoms in total. The minimum Gasteiger partial charge on any atom is -0.465 e. The van der Waals surface area contributed by atoms with Crippen molar-refractivity contribution in [2.24, 2.45) is 10.9 Å². The molecule has 0 saturated carbocycles. The Morgan fingerprint density at radius 2 is 2.64 bits per heavy atom. The molecule has 0 aromatic carbocycles. The molecule has 1 aliphatic heterocycles. The molecule has 5 heteroatoms. The van der Waals surface area contributed by atoms with Crippen LogP contribution in [0.2, 0.25) is 0 Å². The molecule has 0 bridgehead atoms. The quantitative estimate of drug-likeness (QED) is 0.564. The number of carbonyl (C=O) groups is 1. The monoisotopic (exact) mass is 193 g/mol. The van der Waals surface area contributed by atoms with Crippen LogP contribution in [0.15, 0.2) is 17.3 Å². The van der Waals surface area contributed by atoms with Gasteiger partial charge in [-0.15, -0.1) is 0 Å². The van der Waals surface area contributed by atoms with Crippen LogP contribution in [0.25, 0.3) is 0 Å². The van der Waals surface area contributed by atoms with Gasteiger partial charge in [-0.2, -0.15) is 5.10 Å². The summed E-state index contributed by atoms with van der Waals surface area (Å²) in [7, 11) is 0. The third-order valence-electron chi connectivity index (χ3n) is 2.22. The van der Waals surface area contributed by atoms with Gasteiger partial charge in [0.15, 0.2) is 0 Å². The molecule has 0 amide bonds. The summed E-state index contributed by atoms with van der Waals surface area (Å²) in [6.45, 7) is 2.33. The number of rotatable bonds is 2. The van der Waals surface area contributed by atoms with Crippen LogP contribution in [0.1, 0.15) is 13.3 Å². The first-order chi connectivity index (χ1) is 6.77. The number of carbonyl (C=O) groups excluding carboxylic acids is 1. The maximum Gasteiger partial charge on any atom is 0.314 e. The van der Waals surface area contributed by atoms with Gasteiger partial charge in [-0.05, 0) is 6.92 Å². The molecule has 1 atom stereocenters. The summed E-state index contributed by atoms with van der Waals surface area (Å²) in [5.74, 6) is 0.311. The van der Waals surface area contributed by atoms with Gasteiger partial charge in [0, 0.05) is 18.2 Å². The average Bonchev–Trinajstić information content (AvgIpc) is 2.75. The highest BCUT2D eigenvalue weighted by molar-refractivity contribution is 6.02. The van der Waals surface area contributed by atoms with Crippen LogP contribution in [-0.4, -0.2) is 28.5 Å². The molecule has 74 valence electrons. The maximum atomic E-state index is 11.2. The van der Waals surface area contributed by atoms with Gasteiger partial charge in [0.25, 0.3) is 0 Å². The van der Waals surface area contributed by atoms with Crippen molar-refractivity contribution in [3.05, 3.63) is 12.3 Å². The summed E-state index contributed by atoms with van der Waals surface area (Å²) >= 11 is 0.